The second-order valence-electron chi connectivity index (χ2n) is 6.32. The molecule has 0 atom stereocenters. The Morgan fingerprint density at radius 1 is 1.19 bits per heavy atom. The van der Waals surface area contributed by atoms with Crippen molar-refractivity contribution in [3.8, 4) is 22.6 Å². The van der Waals surface area contributed by atoms with Crippen LogP contribution in [0, 0.1) is 0 Å². The summed E-state index contributed by atoms with van der Waals surface area (Å²) in [5.74, 6) is 0.660. The van der Waals surface area contributed by atoms with Crippen LogP contribution < -0.4 is 5.32 Å². The Balaban J connectivity index is 2.02. The van der Waals surface area contributed by atoms with E-state index in [2.05, 4.69) is 21.2 Å². The van der Waals surface area contributed by atoms with E-state index >= 15 is 0 Å². The van der Waals surface area contributed by atoms with Gasteiger partial charge in [-0.15, -0.1) is 0 Å². The third-order valence-corrected chi connectivity index (χ3v) is 4.53. The number of hydrogen-bond acceptors (Lipinski definition) is 2. The van der Waals surface area contributed by atoms with Gasteiger partial charge >= 0.3 is 0 Å². The molecule has 6 heteroatoms. The van der Waals surface area contributed by atoms with Crippen LogP contribution in [0.25, 0.3) is 22.6 Å². The van der Waals surface area contributed by atoms with E-state index in [0.717, 1.165) is 21.3 Å². The number of nitrogens with one attached hydrogen (secondary N) is 1. The predicted octanol–water partition coefficient (Wildman–Crippen LogP) is 5.16. The zero-order valence-corrected chi connectivity index (χ0v) is 16.9. The van der Waals surface area contributed by atoms with Gasteiger partial charge in [-0.3, -0.25) is 4.79 Å². The van der Waals surface area contributed by atoms with Crippen LogP contribution in [0.4, 0.5) is 0 Å². The second-order valence-corrected chi connectivity index (χ2v) is 7.67. The number of hydrogen-bond donors (Lipinski definition) is 1. The Morgan fingerprint density at radius 3 is 2.58 bits per heavy atom. The summed E-state index contributed by atoms with van der Waals surface area (Å²) >= 11 is 9.59. The molecule has 0 radical (unpaired) electrons. The van der Waals surface area contributed by atoms with Gasteiger partial charge in [-0.1, -0.05) is 51.8 Å². The van der Waals surface area contributed by atoms with Gasteiger partial charge in [0.25, 0.3) is 0 Å². The molecule has 4 nitrogen and oxygen atoms in total. The molecule has 3 rings (SSSR count). The number of carbonyl (C=O) groups excluding carboxylic acids is 1. The number of amides is 1. The molecule has 134 valence electrons. The summed E-state index contributed by atoms with van der Waals surface area (Å²) in [6, 6.07) is 15.5. The maximum Gasteiger partial charge on any atom is 0.240 e. The van der Waals surface area contributed by atoms with Crippen LogP contribution in [0.2, 0.25) is 5.02 Å². The second kappa shape index (κ2) is 8.06. The maximum absolute atomic E-state index is 12.3. The van der Waals surface area contributed by atoms with Crippen molar-refractivity contribution in [1.82, 2.24) is 14.9 Å². The van der Waals surface area contributed by atoms with Crippen LogP contribution >= 0.6 is 27.5 Å². The van der Waals surface area contributed by atoms with Gasteiger partial charge in [0.1, 0.15) is 12.4 Å². The molecule has 0 fully saturated rings. The number of carbonyl (C=O) groups is 1. The lowest BCUT2D eigenvalue weighted by molar-refractivity contribution is -0.122. The van der Waals surface area contributed by atoms with E-state index < -0.39 is 0 Å². The van der Waals surface area contributed by atoms with Crippen LogP contribution in [0.5, 0.6) is 0 Å². The topological polar surface area (TPSA) is 46.9 Å². The molecule has 0 saturated heterocycles. The van der Waals surface area contributed by atoms with Gasteiger partial charge in [-0.25, -0.2) is 4.98 Å². The maximum atomic E-state index is 12.3. The molecule has 2 aromatic carbocycles. The Kier molecular flexibility index (Phi) is 5.79. The number of rotatable bonds is 5. The van der Waals surface area contributed by atoms with Gasteiger partial charge in [0, 0.05) is 32.9 Å². The van der Waals surface area contributed by atoms with E-state index in [-0.39, 0.29) is 18.5 Å². The highest BCUT2D eigenvalue weighted by Gasteiger charge is 2.15. The van der Waals surface area contributed by atoms with Gasteiger partial charge in [0.15, 0.2) is 0 Å². The first-order valence-electron chi connectivity index (χ1n) is 8.31. The normalized spacial score (nSPS) is 11.0. The first kappa shape index (κ1) is 18.7. The monoisotopic (exact) mass is 431 g/mol. The third kappa shape index (κ3) is 4.54. The van der Waals surface area contributed by atoms with Crippen molar-refractivity contribution in [2.45, 2.75) is 26.4 Å². The average Bonchev–Trinajstić information content (AvgIpc) is 2.98. The van der Waals surface area contributed by atoms with Crippen LogP contribution in [0.15, 0.2) is 59.2 Å². The van der Waals surface area contributed by atoms with Crippen molar-refractivity contribution in [2.75, 3.05) is 0 Å². The van der Waals surface area contributed by atoms with E-state index in [9.17, 15) is 4.79 Å². The molecule has 1 N–H and O–H groups in total. The minimum Gasteiger partial charge on any atom is -0.352 e. The molecule has 0 bridgehead atoms. The number of benzene rings is 2. The Morgan fingerprint density at radius 2 is 1.92 bits per heavy atom. The van der Waals surface area contributed by atoms with E-state index in [4.69, 9.17) is 16.6 Å². The fourth-order valence-electron chi connectivity index (χ4n) is 2.68. The van der Waals surface area contributed by atoms with Crippen molar-refractivity contribution in [3.05, 3.63) is 64.2 Å². The lowest BCUT2D eigenvalue weighted by Gasteiger charge is -2.11. The molecule has 1 aromatic heterocycles. The average molecular weight is 433 g/mol. The molecular weight excluding hydrogens is 414 g/mol. The van der Waals surface area contributed by atoms with Crippen molar-refractivity contribution in [2.24, 2.45) is 0 Å². The molecule has 0 aliphatic rings. The molecule has 1 amide bonds. The molecule has 0 saturated carbocycles. The molecule has 0 aliphatic carbocycles. The SMILES string of the molecule is CC(C)NC(=O)Cn1cc(-c2ccc(Br)cc2)nc1-c1cccc(Cl)c1. The third-order valence-electron chi connectivity index (χ3n) is 3.76. The summed E-state index contributed by atoms with van der Waals surface area (Å²) < 4.78 is 2.87. The Bertz CT molecular complexity index is 919. The zero-order valence-electron chi connectivity index (χ0n) is 14.5. The fourth-order valence-corrected chi connectivity index (χ4v) is 3.13. The van der Waals surface area contributed by atoms with Crippen LogP contribution in [-0.4, -0.2) is 21.5 Å². The summed E-state index contributed by atoms with van der Waals surface area (Å²) in [5, 5.41) is 3.55. The van der Waals surface area contributed by atoms with Crippen LogP contribution in [0.1, 0.15) is 13.8 Å². The highest BCUT2D eigenvalue weighted by atomic mass is 79.9. The van der Waals surface area contributed by atoms with Crippen LogP contribution in [-0.2, 0) is 11.3 Å². The minimum atomic E-state index is -0.0527. The van der Waals surface area contributed by atoms with Gasteiger partial charge in [0.05, 0.1) is 5.69 Å². The zero-order chi connectivity index (χ0) is 18.7. The quantitative estimate of drug-likeness (QED) is 0.605. The highest BCUT2D eigenvalue weighted by Crippen LogP contribution is 2.27. The smallest absolute Gasteiger partial charge is 0.240 e. The largest absolute Gasteiger partial charge is 0.352 e. The van der Waals surface area contributed by atoms with E-state index in [1.165, 1.54) is 0 Å². The first-order valence-corrected chi connectivity index (χ1v) is 9.48. The summed E-state index contributed by atoms with van der Waals surface area (Å²) in [6.45, 7) is 4.08. The fraction of sp³-hybridized carbons (Fsp3) is 0.200. The molecule has 0 unspecified atom stereocenters. The number of imidazole rings is 1. The standard InChI is InChI=1S/C20H19BrClN3O/c1-13(2)23-19(26)12-25-11-18(14-6-8-16(21)9-7-14)24-20(25)15-4-3-5-17(22)10-15/h3-11,13H,12H2,1-2H3,(H,23,26). The highest BCUT2D eigenvalue weighted by molar-refractivity contribution is 9.10. The minimum absolute atomic E-state index is 0.0527. The summed E-state index contributed by atoms with van der Waals surface area (Å²) in [6.07, 6.45) is 1.90. The van der Waals surface area contributed by atoms with Crippen molar-refractivity contribution in [1.29, 1.82) is 0 Å². The summed E-state index contributed by atoms with van der Waals surface area (Å²) in [4.78, 5) is 17.0. The van der Waals surface area contributed by atoms with Crippen LogP contribution in [0.3, 0.4) is 0 Å². The van der Waals surface area contributed by atoms with Gasteiger partial charge in [-0.2, -0.15) is 0 Å². The number of aromatic nitrogens is 2. The first-order chi connectivity index (χ1) is 12.4. The molecule has 3 aromatic rings. The summed E-state index contributed by atoms with van der Waals surface area (Å²) in [7, 11) is 0. The van der Waals surface area contributed by atoms with Gasteiger partial charge in [-0.05, 0) is 38.1 Å². The predicted molar refractivity (Wildman–Crippen MR) is 109 cm³/mol. The molecule has 1 heterocycles. The Hall–Kier alpha value is -2.11. The van der Waals surface area contributed by atoms with E-state index in [1.54, 1.807) is 0 Å². The molecule has 0 spiro atoms. The molecule has 26 heavy (non-hydrogen) atoms. The molecular formula is C20H19BrClN3O. The van der Waals surface area contributed by atoms with E-state index in [0.29, 0.717) is 10.8 Å². The lowest BCUT2D eigenvalue weighted by atomic mass is 10.2. The Labute approximate surface area is 166 Å². The lowest BCUT2D eigenvalue weighted by Crippen LogP contribution is -2.33. The van der Waals surface area contributed by atoms with Gasteiger partial charge < -0.3 is 9.88 Å². The van der Waals surface area contributed by atoms with Crippen molar-refractivity contribution < 1.29 is 4.79 Å². The van der Waals surface area contributed by atoms with E-state index in [1.807, 2.05) is 73.1 Å². The number of halogens is 2. The van der Waals surface area contributed by atoms with Gasteiger partial charge in [0.2, 0.25) is 5.91 Å². The molecule has 0 aliphatic heterocycles. The van der Waals surface area contributed by atoms with Crippen molar-refractivity contribution >= 4 is 33.4 Å². The number of nitrogens with zero attached hydrogens (tertiary/aromatic N) is 2. The summed E-state index contributed by atoms with van der Waals surface area (Å²) in [5.41, 5.74) is 2.67. The van der Waals surface area contributed by atoms with Crippen molar-refractivity contribution in [3.63, 3.8) is 0 Å².